The lowest BCUT2D eigenvalue weighted by molar-refractivity contribution is 0.355. The molecule has 0 N–H and O–H groups in total. The summed E-state index contributed by atoms with van der Waals surface area (Å²) >= 11 is 1.20. The van der Waals surface area contributed by atoms with Gasteiger partial charge >= 0.3 is 0 Å². The maximum atomic E-state index is 13.4. The van der Waals surface area contributed by atoms with E-state index in [4.69, 9.17) is 18.7 Å². The molecule has 0 bridgehead atoms. The molecule has 0 atom stereocenters. The van der Waals surface area contributed by atoms with E-state index in [0.717, 1.165) is 0 Å². The monoisotopic (exact) mass is 487 g/mol. The van der Waals surface area contributed by atoms with E-state index >= 15 is 0 Å². The maximum absolute atomic E-state index is 13.4. The number of methoxy groups -OCH3 is 3. The second kappa shape index (κ2) is 9.12. The van der Waals surface area contributed by atoms with E-state index in [0.29, 0.717) is 39.2 Å². The number of nitrogens with zero attached hydrogens (tertiary/aromatic N) is 3. The third kappa shape index (κ3) is 4.24. The first kappa shape index (κ1) is 22.6. The number of thiophene rings is 1. The van der Waals surface area contributed by atoms with Gasteiger partial charge in [-0.2, -0.15) is 4.98 Å². The van der Waals surface area contributed by atoms with Crippen molar-refractivity contribution in [1.82, 2.24) is 10.1 Å². The molecule has 2 aromatic carbocycles. The Morgan fingerprint density at radius 2 is 1.67 bits per heavy atom. The summed E-state index contributed by atoms with van der Waals surface area (Å²) in [5.74, 6) is 2.12. The van der Waals surface area contributed by atoms with Crippen LogP contribution in [0.2, 0.25) is 0 Å². The van der Waals surface area contributed by atoms with E-state index in [-0.39, 0.29) is 10.8 Å². The van der Waals surface area contributed by atoms with Gasteiger partial charge in [0.15, 0.2) is 11.5 Å². The third-order valence-corrected chi connectivity index (χ3v) is 7.83. The van der Waals surface area contributed by atoms with Crippen LogP contribution in [0.4, 0.5) is 5.69 Å². The molecule has 33 heavy (non-hydrogen) atoms. The SMILES string of the molecule is COc1ccc(N(C)S(=O)(=O)c2ccsc2-c2nc(-c3ccc(OC)c(OC)c3)no2)cc1. The molecule has 0 saturated carbocycles. The minimum Gasteiger partial charge on any atom is -0.497 e. The van der Waals surface area contributed by atoms with Crippen molar-refractivity contribution >= 4 is 27.0 Å². The molecule has 9 nitrogen and oxygen atoms in total. The molecule has 4 rings (SSSR count). The predicted octanol–water partition coefficient (Wildman–Crippen LogP) is 4.32. The van der Waals surface area contributed by atoms with Crippen LogP contribution in [0.5, 0.6) is 17.2 Å². The van der Waals surface area contributed by atoms with Crippen molar-refractivity contribution in [3.63, 3.8) is 0 Å². The zero-order chi connectivity index (χ0) is 23.6. The Balaban J connectivity index is 1.67. The third-order valence-electron chi connectivity index (χ3n) is 4.97. The van der Waals surface area contributed by atoms with Crippen molar-refractivity contribution in [3.05, 3.63) is 53.9 Å². The Morgan fingerprint density at radius 3 is 2.33 bits per heavy atom. The molecule has 0 spiro atoms. The normalized spacial score (nSPS) is 11.3. The summed E-state index contributed by atoms with van der Waals surface area (Å²) < 4.78 is 49.0. The first-order valence-electron chi connectivity index (χ1n) is 9.66. The van der Waals surface area contributed by atoms with Gasteiger partial charge in [0.25, 0.3) is 15.9 Å². The van der Waals surface area contributed by atoms with Gasteiger partial charge in [-0.25, -0.2) is 8.42 Å². The summed E-state index contributed by atoms with van der Waals surface area (Å²) in [6, 6.07) is 13.5. The van der Waals surface area contributed by atoms with Crippen LogP contribution in [0.3, 0.4) is 0 Å². The lowest BCUT2D eigenvalue weighted by Gasteiger charge is -2.19. The van der Waals surface area contributed by atoms with Gasteiger partial charge < -0.3 is 18.7 Å². The van der Waals surface area contributed by atoms with E-state index in [1.807, 2.05) is 0 Å². The molecule has 0 aliphatic heterocycles. The van der Waals surface area contributed by atoms with Crippen LogP contribution >= 0.6 is 11.3 Å². The Kier molecular flexibility index (Phi) is 6.25. The molecule has 2 aromatic heterocycles. The van der Waals surface area contributed by atoms with Crippen molar-refractivity contribution in [2.24, 2.45) is 0 Å². The van der Waals surface area contributed by atoms with Crippen LogP contribution in [0, 0.1) is 0 Å². The molecular formula is C22H21N3O6S2. The average molecular weight is 488 g/mol. The minimum absolute atomic E-state index is 0.0772. The van der Waals surface area contributed by atoms with E-state index in [2.05, 4.69) is 10.1 Å². The standard InChI is InChI=1S/C22H21N3O6S2/c1-25(15-6-8-16(28-2)9-7-15)33(26,27)19-11-12-32-20(19)22-23-21(24-31-22)14-5-10-17(29-3)18(13-14)30-4/h5-13H,1-4H3. The first-order valence-corrected chi connectivity index (χ1v) is 12.0. The summed E-state index contributed by atoms with van der Waals surface area (Å²) in [7, 11) is 2.23. The maximum Gasteiger partial charge on any atom is 0.269 e. The topological polar surface area (TPSA) is 104 Å². The van der Waals surface area contributed by atoms with Crippen molar-refractivity contribution in [2.45, 2.75) is 4.90 Å². The molecule has 2 heterocycles. The Bertz CT molecular complexity index is 1360. The second-order valence-corrected chi connectivity index (χ2v) is 9.63. The molecule has 0 saturated heterocycles. The van der Waals surface area contributed by atoms with Crippen LogP contribution in [0.15, 0.2) is 63.3 Å². The van der Waals surface area contributed by atoms with Crippen LogP contribution in [-0.4, -0.2) is 46.9 Å². The summed E-state index contributed by atoms with van der Waals surface area (Å²) in [5.41, 5.74) is 1.13. The molecule has 4 aromatic rings. The van der Waals surface area contributed by atoms with Gasteiger partial charge in [0.05, 0.1) is 27.0 Å². The van der Waals surface area contributed by atoms with Gasteiger partial charge in [-0.05, 0) is 53.9 Å². The minimum atomic E-state index is -3.88. The second-order valence-electron chi connectivity index (χ2n) is 6.78. The summed E-state index contributed by atoms with van der Waals surface area (Å²) in [4.78, 5) is 4.85. The summed E-state index contributed by atoms with van der Waals surface area (Å²) in [5, 5.41) is 5.69. The molecule has 172 valence electrons. The highest BCUT2D eigenvalue weighted by Crippen LogP contribution is 2.37. The van der Waals surface area contributed by atoms with Crippen molar-refractivity contribution < 1.29 is 27.2 Å². The highest BCUT2D eigenvalue weighted by molar-refractivity contribution is 7.93. The fourth-order valence-electron chi connectivity index (χ4n) is 3.14. The number of hydrogen-bond acceptors (Lipinski definition) is 9. The molecule has 0 aliphatic rings. The number of sulfonamides is 1. The van der Waals surface area contributed by atoms with Crippen molar-refractivity contribution in [3.8, 4) is 39.4 Å². The number of rotatable bonds is 8. The fourth-order valence-corrected chi connectivity index (χ4v) is 5.65. The van der Waals surface area contributed by atoms with E-state index in [9.17, 15) is 8.42 Å². The Hall–Kier alpha value is -3.57. The highest BCUT2D eigenvalue weighted by atomic mass is 32.2. The average Bonchev–Trinajstić information content (AvgIpc) is 3.53. The number of aromatic nitrogens is 2. The zero-order valence-corrected chi connectivity index (χ0v) is 19.9. The van der Waals surface area contributed by atoms with Crippen LogP contribution in [0.25, 0.3) is 22.2 Å². The first-order chi connectivity index (χ1) is 15.9. The van der Waals surface area contributed by atoms with Gasteiger partial charge in [0.1, 0.15) is 15.5 Å². The van der Waals surface area contributed by atoms with Crippen LogP contribution < -0.4 is 18.5 Å². The summed E-state index contributed by atoms with van der Waals surface area (Å²) in [6.07, 6.45) is 0. The Labute approximate surface area is 195 Å². The van der Waals surface area contributed by atoms with Crippen molar-refractivity contribution in [1.29, 1.82) is 0 Å². The van der Waals surface area contributed by atoms with Gasteiger partial charge in [-0.3, -0.25) is 4.31 Å². The van der Waals surface area contributed by atoms with E-state index in [1.54, 1.807) is 62.1 Å². The number of ether oxygens (including phenoxy) is 3. The van der Waals surface area contributed by atoms with E-state index < -0.39 is 10.0 Å². The fraction of sp³-hybridized carbons (Fsp3) is 0.182. The molecular weight excluding hydrogens is 466 g/mol. The zero-order valence-electron chi connectivity index (χ0n) is 18.3. The van der Waals surface area contributed by atoms with Crippen LogP contribution in [-0.2, 0) is 10.0 Å². The predicted molar refractivity (Wildman–Crippen MR) is 125 cm³/mol. The van der Waals surface area contributed by atoms with Gasteiger partial charge in [0.2, 0.25) is 5.82 Å². The van der Waals surface area contributed by atoms with Crippen LogP contribution in [0.1, 0.15) is 0 Å². The quantitative estimate of drug-likeness (QED) is 0.362. The van der Waals surface area contributed by atoms with Crippen molar-refractivity contribution in [2.75, 3.05) is 32.7 Å². The highest BCUT2D eigenvalue weighted by Gasteiger charge is 2.29. The number of hydrogen-bond donors (Lipinski definition) is 0. The van der Waals surface area contributed by atoms with E-state index in [1.165, 1.54) is 35.9 Å². The van der Waals surface area contributed by atoms with Gasteiger partial charge in [-0.1, -0.05) is 5.16 Å². The lowest BCUT2D eigenvalue weighted by atomic mass is 10.2. The Morgan fingerprint density at radius 1 is 0.939 bits per heavy atom. The lowest BCUT2D eigenvalue weighted by Crippen LogP contribution is -2.26. The molecule has 0 radical (unpaired) electrons. The number of benzene rings is 2. The molecule has 0 fully saturated rings. The molecule has 0 aliphatic carbocycles. The molecule has 0 amide bonds. The molecule has 11 heteroatoms. The largest absolute Gasteiger partial charge is 0.497 e. The number of anilines is 1. The molecule has 0 unspecified atom stereocenters. The smallest absolute Gasteiger partial charge is 0.269 e. The summed E-state index contributed by atoms with van der Waals surface area (Å²) in [6.45, 7) is 0. The van der Waals surface area contributed by atoms with Gasteiger partial charge in [0, 0.05) is 12.6 Å². The van der Waals surface area contributed by atoms with Gasteiger partial charge in [-0.15, -0.1) is 11.3 Å².